The average Bonchev–Trinajstić information content (AvgIpc) is 3.11. The van der Waals surface area contributed by atoms with Crippen molar-refractivity contribution in [2.45, 2.75) is 0 Å². The van der Waals surface area contributed by atoms with Crippen LogP contribution in [0.3, 0.4) is 0 Å². The SMILES string of the molecule is OB(O)c1ccc2c(c1)oc1c2ccc2oc3ccccc3c21. The third kappa shape index (κ3) is 1.69. The second-order valence-corrected chi connectivity index (χ2v) is 5.64. The lowest BCUT2D eigenvalue weighted by Crippen LogP contribution is -2.29. The molecule has 0 saturated carbocycles. The number of furan rings is 2. The van der Waals surface area contributed by atoms with E-state index in [-0.39, 0.29) is 0 Å². The summed E-state index contributed by atoms with van der Waals surface area (Å²) < 4.78 is 11.9. The van der Waals surface area contributed by atoms with Crippen LogP contribution in [0, 0.1) is 0 Å². The minimum Gasteiger partial charge on any atom is -0.456 e. The fourth-order valence-corrected chi connectivity index (χ4v) is 3.22. The summed E-state index contributed by atoms with van der Waals surface area (Å²) in [6.07, 6.45) is 0. The molecule has 110 valence electrons. The van der Waals surface area contributed by atoms with Crippen molar-refractivity contribution in [1.82, 2.24) is 0 Å². The van der Waals surface area contributed by atoms with Crippen molar-refractivity contribution in [3.05, 3.63) is 54.6 Å². The molecule has 2 N–H and O–H groups in total. The van der Waals surface area contributed by atoms with Gasteiger partial charge in [-0.3, -0.25) is 0 Å². The Kier molecular flexibility index (Phi) is 2.43. The number of hydrogen-bond donors (Lipinski definition) is 2. The summed E-state index contributed by atoms with van der Waals surface area (Å²) in [5, 5.41) is 22.6. The van der Waals surface area contributed by atoms with Gasteiger partial charge in [-0.15, -0.1) is 0 Å². The lowest BCUT2D eigenvalue weighted by atomic mass is 9.80. The van der Waals surface area contributed by atoms with Crippen molar-refractivity contribution in [2.24, 2.45) is 0 Å². The molecule has 0 bridgehead atoms. The van der Waals surface area contributed by atoms with E-state index in [2.05, 4.69) is 0 Å². The van der Waals surface area contributed by atoms with Crippen LogP contribution in [0.2, 0.25) is 0 Å². The van der Waals surface area contributed by atoms with Crippen LogP contribution in [0.15, 0.2) is 63.4 Å². The van der Waals surface area contributed by atoms with Crippen molar-refractivity contribution < 1.29 is 18.9 Å². The van der Waals surface area contributed by atoms with E-state index in [1.165, 1.54) is 0 Å². The fourth-order valence-electron chi connectivity index (χ4n) is 3.22. The number of para-hydroxylation sites is 1. The van der Waals surface area contributed by atoms with E-state index < -0.39 is 7.12 Å². The molecule has 23 heavy (non-hydrogen) atoms. The molecule has 0 fully saturated rings. The molecule has 0 aliphatic rings. The van der Waals surface area contributed by atoms with Gasteiger partial charge in [-0.05, 0) is 29.7 Å². The molecule has 0 unspecified atom stereocenters. The van der Waals surface area contributed by atoms with Gasteiger partial charge in [-0.1, -0.05) is 30.3 Å². The third-order valence-electron chi connectivity index (χ3n) is 4.30. The minimum absolute atomic E-state index is 0.407. The Hall–Kier alpha value is -2.76. The maximum Gasteiger partial charge on any atom is 0.488 e. The predicted octanol–water partition coefficient (Wildman–Crippen LogP) is 3.17. The maximum absolute atomic E-state index is 9.34. The molecular formula is C18H11BO4. The first-order valence-electron chi connectivity index (χ1n) is 7.35. The summed E-state index contributed by atoms with van der Waals surface area (Å²) in [6, 6.07) is 17.0. The monoisotopic (exact) mass is 302 g/mol. The van der Waals surface area contributed by atoms with Gasteiger partial charge in [0.25, 0.3) is 0 Å². The summed E-state index contributed by atoms with van der Waals surface area (Å²) in [5.74, 6) is 0. The number of rotatable bonds is 1. The van der Waals surface area contributed by atoms with Gasteiger partial charge >= 0.3 is 7.12 Å². The van der Waals surface area contributed by atoms with Crippen LogP contribution in [-0.2, 0) is 0 Å². The summed E-state index contributed by atoms with van der Waals surface area (Å²) in [5.41, 5.74) is 3.39. The molecule has 0 amide bonds. The van der Waals surface area contributed by atoms with Gasteiger partial charge in [0, 0.05) is 16.2 Å². The highest BCUT2D eigenvalue weighted by Crippen LogP contribution is 2.38. The van der Waals surface area contributed by atoms with Crippen molar-refractivity contribution in [1.29, 1.82) is 0 Å². The van der Waals surface area contributed by atoms with E-state index in [0.29, 0.717) is 11.0 Å². The molecule has 3 aromatic carbocycles. The van der Waals surface area contributed by atoms with Crippen LogP contribution >= 0.6 is 0 Å². The number of fused-ring (bicyclic) bond motifs is 7. The van der Waals surface area contributed by atoms with Crippen LogP contribution in [0.25, 0.3) is 43.9 Å². The van der Waals surface area contributed by atoms with Crippen molar-refractivity contribution in [3.63, 3.8) is 0 Å². The second-order valence-electron chi connectivity index (χ2n) is 5.64. The summed E-state index contributed by atoms with van der Waals surface area (Å²) in [4.78, 5) is 0. The Balaban J connectivity index is 1.98. The van der Waals surface area contributed by atoms with Gasteiger partial charge in [0.05, 0.1) is 5.39 Å². The predicted molar refractivity (Wildman–Crippen MR) is 90.8 cm³/mol. The molecule has 0 aliphatic heterocycles. The second kappa shape index (κ2) is 4.38. The first-order chi connectivity index (χ1) is 11.2. The molecule has 0 aliphatic carbocycles. The zero-order valence-corrected chi connectivity index (χ0v) is 12.0. The van der Waals surface area contributed by atoms with Gasteiger partial charge in [-0.2, -0.15) is 0 Å². The van der Waals surface area contributed by atoms with Crippen LogP contribution in [-0.4, -0.2) is 17.2 Å². The zero-order valence-electron chi connectivity index (χ0n) is 12.0. The summed E-state index contributed by atoms with van der Waals surface area (Å²) in [7, 11) is -1.51. The standard InChI is InChI=1S/C18H11BO4/c20-19(21)10-5-6-11-12-7-8-15-17(18(12)23-16(11)9-10)13-3-1-2-4-14(13)22-15/h1-9,20-21H. The first-order valence-corrected chi connectivity index (χ1v) is 7.35. The Bertz CT molecular complexity index is 1200. The normalized spacial score (nSPS) is 11.9. The Morgan fingerprint density at radius 3 is 2.39 bits per heavy atom. The van der Waals surface area contributed by atoms with E-state index in [4.69, 9.17) is 8.83 Å². The molecule has 5 rings (SSSR count). The van der Waals surface area contributed by atoms with E-state index >= 15 is 0 Å². The molecule has 0 spiro atoms. The van der Waals surface area contributed by atoms with Crippen molar-refractivity contribution >= 4 is 56.5 Å². The minimum atomic E-state index is -1.51. The quantitative estimate of drug-likeness (QED) is 0.467. The van der Waals surface area contributed by atoms with Gasteiger partial charge in [0.2, 0.25) is 0 Å². The molecule has 2 heterocycles. The Labute approximate surface area is 130 Å². The van der Waals surface area contributed by atoms with Gasteiger partial charge in [-0.25, -0.2) is 0 Å². The highest BCUT2D eigenvalue weighted by atomic mass is 16.4. The van der Waals surface area contributed by atoms with Crippen molar-refractivity contribution in [2.75, 3.05) is 0 Å². The number of benzene rings is 3. The summed E-state index contributed by atoms with van der Waals surface area (Å²) >= 11 is 0. The Morgan fingerprint density at radius 1 is 0.696 bits per heavy atom. The third-order valence-corrected chi connectivity index (χ3v) is 4.30. The topological polar surface area (TPSA) is 66.7 Å². The molecular weight excluding hydrogens is 291 g/mol. The molecule has 2 aromatic heterocycles. The van der Waals surface area contributed by atoms with Gasteiger partial charge < -0.3 is 18.9 Å². The Morgan fingerprint density at radius 2 is 1.52 bits per heavy atom. The smallest absolute Gasteiger partial charge is 0.456 e. The fraction of sp³-hybridized carbons (Fsp3) is 0. The first kappa shape index (κ1) is 12.8. The summed E-state index contributed by atoms with van der Waals surface area (Å²) in [6.45, 7) is 0. The maximum atomic E-state index is 9.34. The van der Waals surface area contributed by atoms with Crippen LogP contribution in [0.1, 0.15) is 0 Å². The zero-order chi connectivity index (χ0) is 15.6. The lowest BCUT2D eigenvalue weighted by Gasteiger charge is -1.97. The van der Waals surface area contributed by atoms with Crippen LogP contribution < -0.4 is 5.46 Å². The van der Waals surface area contributed by atoms with Gasteiger partial charge in [0.1, 0.15) is 22.3 Å². The molecule has 5 heteroatoms. The molecule has 4 nitrogen and oxygen atoms in total. The largest absolute Gasteiger partial charge is 0.488 e. The van der Waals surface area contributed by atoms with Crippen LogP contribution in [0.4, 0.5) is 0 Å². The van der Waals surface area contributed by atoms with E-state index in [9.17, 15) is 10.0 Å². The number of hydrogen-bond acceptors (Lipinski definition) is 4. The molecule has 0 atom stereocenters. The highest BCUT2D eigenvalue weighted by Gasteiger charge is 2.17. The van der Waals surface area contributed by atoms with Gasteiger partial charge in [0.15, 0.2) is 0 Å². The molecule has 0 saturated heterocycles. The average molecular weight is 302 g/mol. The molecule has 0 radical (unpaired) electrons. The lowest BCUT2D eigenvalue weighted by molar-refractivity contribution is 0.425. The van der Waals surface area contributed by atoms with E-state index in [1.807, 2.05) is 42.5 Å². The van der Waals surface area contributed by atoms with E-state index in [0.717, 1.165) is 38.3 Å². The highest BCUT2D eigenvalue weighted by molar-refractivity contribution is 6.59. The van der Waals surface area contributed by atoms with Crippen molar-refractivity contribution in [3.8, 4) is 0 Å². The van der Waals surface area contributed by atoms with Crippen LogP contribution in [0.5, 0.6) is 0 Å². The van der Waals surface area contributed by atoms with E-state index in [1.54, 1.807) is 12.1 Å². The molecule has 5 aromatic rings.